The van der Waals surface area contributed by atoms with E-state index in [0.29, 0.717) is 29.3 Å². The van der Waals surface area contributed by atoms with Crippen molar-refractivity contribution in [3.05, 3.63) is 82.3 Å². The van der Waals surface area contributed by atoms with E-state index in [1.54, 1.807) is 24.3 Å². The third-order valence-corrected chi connectivity index (χ3v) is 6.07. The Hall–Kier alpha value is -3.41. The number of hydrogen-bond acceptors (Lipinski definition) is 6. The molecule has 0 aliphatic carbocycles. The molecular weight excluding hydrogens is 400 g/mol. The van der Waals surface area contributed by atoms with Gasteiger partial charge in [0, 0.05) is 42.3 Å². The lowest BCUT2D eigenvalue weighted by Crippen LogP contribution is -2.36. The quantitative estimate of drug-likeness (QED) is 0.387. The van der Waals surface area contributed by atoms with Gasteiger partial charge >= 0.3 is 0 Å². The smallest absolute Gasteiger partial charge is 0.162 e. The van der Waals surface area contributed by atoms with Crippen LogP contribution < -0.4 is 17.2 Å². The van der Waals surface area contributed by atoms with Gasteiger partial charge in [-0.05, 0) is 61.6 Å². The lowest BCUT2D eigenvalue weighted by atomic mass is 9.86. The number of nitrogens with two attached hydrogens (primary N) is 3. The van der Waals surface area contributed by atoms with Gasteiger partial charge in [-0.25, -0.2) is 0 Å². The van der Waals surface area contributed by atoms with Gasteiger partial charge < -0.3 is 27.2 Å². The van der Waals surface area contributed by atoms with Gasteiger partial charge in [0.2, 0.25) is 0 Å². The zero-order valence-electron chi connectivity index (χ0n) is 19.0. The highest BCUT2D eigenvalue weighted by Gasteiger charge is 2.25. The summed E-state index contributed by atoms with van der Waals surface area (Å²) in [5.41, 5.74) is 23.1. The second-order valence-corrected chi connectivity index (χ2v) is 8.49. The van der Waals surface area contributed by atoms with E-state index in [0.717, 1.165) is 43.5 Å². The molecule has 1 aliphatic rings. The minimum atomic E-state index is 0.112. The molecule has 3 rings (SSSR count). The van der Waals surface area contributed by atoms with Crippen LogP contribution in [-0.2, 0) is 0 Å². The average Bonchev–Trinajstić information content (AvgIpc) is 2.77. The van der Waals surface area contributed by atoms with E-state index in [1.807, 2.05) is 25.1 Å². The van der Waals surface area contributed by atoms with Crippen molar-refractivity contribution in [2.75, 3.05) is 13.1 Å². The number of carbonyl (C=O) groups excluding carboxylic acids is 1. The second-order valence-electron chi connectivity index (χ2n) is 8.49. The Balaban J connectivity index is 1.84. The molecular formula is C26H34N4O2. The van der Waals surface area contributed by atoms with Crippen LogP contribution in [-0.4, -0.2) is 28.9 Å². The lowest BCUT2D eigenvalue weighted by molar-refractivity contribution is 0.0981. The molecule has 0 aromatic heterocycles. The molecule has 2 aromatic rings. The molecule has 0 saturated carbocycles. The summed E-state index contributed by atoms with van der Waals surface area (Å²) in [6.07, 6.45) is 5.21. The molecule has 0 amide bonds. The maximum atomic E-state index is 12.3. The molecule has 1 fully saturated rings. The molecule has 6 nitrogen and oxygen atoms in total. The van der Waals surface area contributed by atoms with Gasteiger partial charge in [0.15, 0.2) is 5.78 Å². The zero-order valence-corrected chi connectivity index (χ0v) is 19.0. The van der Waals surface area contributed by atoms with Crippen LogP contribution in [0.3, 0.4) is 0 Å². The zero-order chi connectivity index (χ0) is 23.3. The fourth-order valence-electron chi connectivity index (χ4n) is 4.43. The predicted octanol–water partition coefficient (Wildman–Crippen LogP) is 3.95. The number of Topliss-reactive ketones (excluding diaryl/α,β-unsaturated/α-hetero) is 1. The number of aryl methyl sites for hydroxylation is 1. The Bertz CT molecular complexity index is 1040. The molecule has 1 unspecified atom stereocenters. The molecule has 32 heavy (non-hydrogen) atoms. The second kappa shape index (κ2) is 10.3. The van der Waals surface area contributed by atoms with E-state index in [9.17, 15) is 9.90 Å². The van der Waals surface area contributed by atoms with E-state index in [4.69, 9.17) is 17.2 Å². The number of rotatable bonds is 7. The molecule has 0 bridgehead atoms. The number of phenols is 1. The van der Waals surface area contributed by atoms with E-state index in [-0.39, 0.29) is 17.4 Å². The van der Waals surface area contributed by atoms with Crippen molar-refractivity contribution < 1.29 is 9.90 Å². The van der Waals surface area contributed by atoms with Crippen LogP contribution in [0.15, 0.2) is 60.1 Å². The van der Waals surface area contributed by atoms with Crippen LogP contribution in [0, 0.1) is 6.92 Å². The van der Waals surface area contributed by atoms with Crippen molar-refractivity contribution in [2.24, 2.45) is 17.2 Å². The first-order valence-corrected chi connectivity index (χ1v) is 11.2. The van der Waals surface area contributed by atoms with Crippen molar-refractivity contribution >= 4 is 11.5 Å². The summed E-state index contributed by atoms with van der Waals surface area (Å²) in [6.45, 7) is 5.66. The van der Waals surface area contributed by atoms with Crippen molar-refractivity contribution in [3.63, 3.8) is 0 Å². The Kier molecular flexibility index (Phi) is 7.46. The van der Waals surface area contributed by atoms with E-state index in [2.05, 4.69) is 17.9 Å². The van der Waals surface area contributed by atoms with Gasteiger partial charge in [0.05, 0.1) is 5.70 Å². The van der Waals surface area contributed by atoms with Gasteiger partial charge in [-0.2, -0.15) is 0 Å². The largest absolute Gasteiger partial charge is 0.507 e. The maximum Gasteiger partial charge on any atom is 0.162 e. The summed E-state index contributed by atoms with van der Waals surface area (Å²) in [4.78, 5) is 14.4. The number of hydrogen-bond donors (Lipinski definition) is 4. The van der Waals surface area contributed by atoms with Gasteiger partial charge in [-0.15, -0.1) is 0 Å². The van der Waals surface area contributed by atoms with Crippen LogP contribution in [0.2, 0.25) is 0 Å². The molecule has 1 aliphatic heterocycles. The number of aromatic hydroxyl groups is 1. The third-order valence-electron chi connectivity index (χ3n) is 6.07. The highest BCUT2D eigenvalue weighted by molar-refractivity contribution is 5.96. The molecule has 0 spiro atoms. The van der Waals surface area contributed by atoms with Crippen LogP contribution in [0.25, 0.3) is 5.70 Å². The average molecular weight is 435 g/mol. The maximum absolute atomic E-state index is 12.3. The molecule has 170 valence electrons. The normalized spacial score (nSPS) is 16.6. The summed E-state index contributed by atoms with van der Waals surface area (Å²) >= 11 is 0. The highest BCUT2D eigenvalue weighted by Crippen LogP contribution is 2.32. The Morgan fingerprint density at radius 3 is 2.59 bits per heavy atom. The van der Waals surface area contributed by atoms with Gasteiger partial charge in [-0.3, -0.25) is 4.79 Å². The van der Waals surface area contributed by atoms with Crippen LogP contribution in [0.5, 0.6) is 5.75 Å². The standard InChI is InChI=1S/C26H34N4O2/c1-3-7-24(31)18-11-12-20(17(2)14-18)19-8-6-13-30(16-19)23(26(28)29)15-22(27)21-9-4-5-10-25(21)32/h4-5,9-12,14-15,19,32H,3,6-8,13,16,27-29H2,1-2H3/b22-15-. The van der Waals surface area contributed by atoms with Crippen LogP contribution in [0.1, 0.15) is 65.6 Å². The van der Waals surface area contributed by atoms with Crippen LogP contribution >= 0.6 is 0 Å². The number of likely N-dealkylation sites (tertiary alicyclic amines) is 1. The van der Waals surface area contributed by atoms with Gasteiger partial charge in [0.1, 0.15) is 11.6 Å². The number of ketones is 1. The van der Waals surface area contributed by atoms with Crippen LogP contribution in [0.4, 0.5) is 0 Å². The molecule has 1 saturated heterocycles. The van der Waals surface area contributed by atoms with Gasteiger partial charge in [0.25, 0.3) is 0 Å². The first-order valence-electron chi connectivity index (χ1n) is 11.2. The number of para-hydroxylation sites is 1. The summed E-state index contributed by atoms with van der Waals surface area (Å²) < 4.78 is 0. The number of carbonyl (C=O) groups is 1. The molecule has 0 radical (unpaired) electrons. The fraction of sp³-hybridized carbons (Fsp3) is 0.346. The lowest BCUT2D eigenvalue weighted by Gasteiger charge is -2.36. The summed E-state index contributed by atoms with van der Waals surface area (Å²) in [7, 11) is 0. The van der Waals surface area contributed by atoms with Crippen molar-refractivity contribution in [1.82, 2.24) is 4.90 Å². The highest BCUT2D eigenvalue weighted by atomic mass is 16.3. The van der Waals surface area contributed by atoms with E-state index >= 15 is 0 Å². The SMILES string of the molecule is CCCC(=O)c1ccc(C2CCCN(C(/C=C(\N)c3ccccc3O)=C(N)N)C2)c(C)c1. The minimum Gasteiger partial charge on any atom is -0.507 e. The van der Waals surface area contributed by atoms with E-state index in [1.165, 1.54) is 5.56 Å². The molecule has 1 atom stereocenters. The number of benzene rings is 2. The Morgan fingerprint density at radius 2 is 1.94 bits per heavy atom. The molecule has 1 heterocycles. The first kappa shape index (κ1) is 23.3. The van der Waals surface area contributed by atoms with Crippen molar-refractivity contribution in [3.8, 4) is 5.75 Å². The summed E-state index contributed by atoms with van der Waals surface area (Å²) in [6, 6.07) is 13.0. The van der Waals surface area contributed by atoms with Crippen molar-refractivity contribution in [2.45, 2.75) is 45.4 Å². The first-order chi connectivity index (χ1) is 15.3. The number of allylic oxidation sites excluding steroid dienone is 1. The minimum absolute atomic E-state index is 0.112. The number of phenolic OH excluding ortho intramolecular Hbond substituents is 1. The van der Waals surface area contributed by atoms with Gasteiger partial charge in [-0.1, -0.05) is 31.2 Å². The third kappa shape index (κ3) is 5.25. The Labute approximate surface area is 190 Å². The Morgan fingerprint density at radius 1 is 1.19 bits per heavy atom. The predicted molar refractivity (Wildman–Crippen MR) is 130 cm³/mol. The van der Waals surface area contributed by atoms with E-state index < -0.39 is 0 Å². The number of nitrogens with zero attached hydrogens (tertiary/aromatic N) is 1. The molecule has 7 N–H and O–H groups in total. The topological polar surface area (TPSA) is 119 Å². The van der Waals surface area contributed by atoms with Crippen molar-refractivity contribution in [1.29, 1.82) is 0 Å². The molecule has 6 heteroatoms. The fourth-order valence-corrected chi connectivity index (χ4v) is 4.43. The molecule has 2 aromatic carbocycles. The monoisotopic (exact) mass is 434 g/mol. The summed E-state index contributed by atoms with van der Waals surface area (Å²) in [5.74, 6) is 0.800. The summed E-state index contributed by atoms with van der Waals surface area (Å²) in [5, 5.41) is 10.1. The number of piperidine rings is 1.